The van der Waals surface area contributed by atoms with Crippen LogP contribution in [0, 0.1) is 5.92 Å². The molecule has 26 heavy (non-hydrogen) atoms. The lowest BCUT2D eigenvalue weighted by Gasteiger charge is -2.33. The van der Waals surface area contributed by atoms with Crippen LogP contribution in [0.25, 0.3) is 6.08 Å². The quantitative estimate of drug-likeness (QED) is 0.810. The maximum absolute atomic E-state index is 10.5. The third kappa shape index (κ3) is 3.98. The maximum atomic E-state index is 10.5. The van der Waals surface area contributed by atoms with Gasteiger partial charge in [0.15, 0.2) is 0 Å². The van der Waals surface area contributed by atoms with Crippen molar-refractivity contribution in [2.24, 2.45) is 5.92 Å². The first-order valence-corrected chi connectivity index (χ1v) is 8.63. The largest absolute Gasteiger partial charge is 0.497 e. The Hall–Kier alpha value is -2.56. The van der Waals surface area contributed by atoms with E-state index in [1.165, 1.54) is 0 Å². The summed E-state index contributed by atoms with van der Waals surface area (Å²) < 4.78 is 10.4. The highest BCUT2D eigenvalue weighted by molar-refractivity contribution is 5.52. The molecule has 0 bridgehead atoms. The number of allylic oxidation sites excluding steroid dienone is 1. The van der Waals surface area contributed by atoms with Crippen molar-refractivity contribution in [3.8, 4) is 11.5 Å². The van der Waals surface area contributed by atoms with Gasteiger partial charge in [-0.05, 0) is 35.4 Å². The fourth-order valence-electron chi connectivity index (χ4n) is 3.25. The van der Waals surface area contributed by atoms with Crippen molar-refractivity contribution in [2.75, 3.05) is 14.2 Å². The Morgan fingerprint density at radius 1 is 0.808 bits per heavy atom. The van der Waals surface area contributed by atoms with Crippen molar-refractivity contribution in [3.63, 3.8) is 0 Å². The van der Waals surface area contributed by atoms with E-state index in [0.29, 0.717) is 0 Å². The Kier molecular flexibility index (Phi) is 5.76. The Labute approximate surface area is 154 Å². The van der Waals surface area contributed by atoms with Crippen LogP contribution in [-0.4, -0.2) is 36.6 Å². The highest BCUT2D eigenvalue weighted by Gasteiger charge is 2.33. The summed E-state index contributed by atoms with van der Waals surface area (Å²) in [4.78, 5) is 0. The van der Waals surface area contributed by atoms with Gasteiger partial charge in [-0.1, -0.05) is 48.6 Å². The van der Waals surface area contributed by atoms with Gasteiger partial charge in [0.05, 0.1) is 26.4 Å². The Balaban J connectivity index is 1.86. The van der Waals surface area contributed by atoms with Gasteiger partial charge in [0.2, 0.25) is 0 Å². The Morgan fingerprint density at radius 2 is 1.38 bits per heavy atom. The molecule has 0 aliphatic heterocycles. The maximum Gasteiger partial charge on any atom is 0.118 e. The Bertz CT molecular complexity index is 762. The van der Waals surface area contributed by atoms with Crippen molar-refractivity contribution < 1.29 is 19.7 Å². The lowest BCUT2D eigenvalue weighted by Crippen LogP contribution is -2.37. The first-order chi connectivity index (χ1) is 12.6. The average molecular weight is 352 g/mol. The van der Waals surface area contributed by atoms with E-state index in [2.05, 4.69) is 0 Å². The summed E-state index contributed by atoms with van der Waals surface area (Å²) in [6, 6.07) is 15.5. The van der Waals surface area contributed by atoms with Crippen LogP contribution in [0.2, 0.25) is 0 Å². The molecule has 0 unspecified atom stereocenters. The number of ether oxygens (including phenoxy) is 2. The first kappa shape index (κ1) is 18.2. The van der Waals surface area contributed by atoms with Crippen molar-refractivity contribution in [2.45, 2.75) is 18.1 Å². The SMILES string of the molecule is COc1ccc(/C=C/[C@@H]2[C@@H](O)[C@H](O)C=C[C@@H]2c2ccc(OC)cc2)cc1. The predicted molar refractivity (Wildman–Crippen MR) is 102 cm³/mol. The van der Waals surface area contributed by atoms with E-state index in [1.807, 2.05) is 66.8 Å². The molecule has 0 saturated carbocycles. The molecule has 0 amide bonds. The molecule has 0 spiro atoms. The smallest absolute Gasteiger partial charge is 0.118 e. The second kappa shape index (κ2) is 8.21. The fourth-order valence-corrected chi connectivity index (χ4v) is 3.25. The highest BCUT2D eigenvalue weighted by Crippen LogP contribution is 2.36. The topological polar surface area (TPSA) is 58.9 Å². The van der Waals surface area contributed by atoms with Gasteiger partial charge in [0.1, 0.15) is 11.5 Å². The minimum Gasteiger partial charge on any atom is -0.497 e. The normalized spacial score (nSPS) is 25.4. The molecule has 0 heterocycles. The molecule has 2 N–H and O–H groups in total. The lowest BCUT2D eigenvalue weighted by atomic mass is 9.76. The second-order valence-corrected chi connectivity index (χ2v) is 6.37. The third-order valence-electron chi connectivity index (χ3n) is 4.80. The average Bonchev–Trinajstić information content (AvgIpc) is 2.69. The summed E-state index contributed by atoms with van der Waals surface area (Å²) in [5, 5.41) is 20.6. The number of hydrogen-bond donors (Lipinski definition) is 2. The summed E-state index contributed by atoms with van der Waals surface area (Å²) in [6.45, 7) is 0. The zero-order valence-electron chi connectivity index (χ0n) is 14.9. The van der Waals surface area contributed by atoms with Crippen LogP contribution in [0.5, 0.6) is 11.5 Å². The number of aliphatic hydroxyl groups is 2. The summed E-state index contributed by atoms with van der Waals surface area (Å²) in [6.07, 6.45) is 5.83. The molecular weight excluding hydrogens is 328 g/mol. The van der Waals surface area contributed by atoms with E-state index < -0.39 is 12.2 Å². The first-order valence-electron chi connectivity index (χ1n) is 8.63. The van der Waals surface area contributed by atoms with Crippen LogP contribution in [0.15, 0.2) is 66.8 Å². The molecule has 4 nitrogen and oxygen atoms in total. The highest BCUT2D eigenvalue weighted by atomic mass is 16.5. The van der Waals surface area contributed by atoms with E-state index in [1.54, 1.807) is 20.3 Å². The van der Waals surface area contributed by atoms with Gasteiger partial charge < -0.3 is 19.7 Å². The van der Waals surface area contributed by atoms with Gasteiger partial charge in [0, 0.05) is 11.8 Å². The van der Waals surface area contributed by atoms with Crippen LogP contribution in [0.3, 0.4) is 0 Å². The monoisotopic (exact) mass is 352 g/mol. The van der Waals surface area contributed by atoms with Gasteiger partial charge in [-0.3, -0.25) is 0 Å². The van der Waals surface area contributed by atoms with Crippen molar-refractivity contribution in [1.82, 2.24) is 0 Å². The van der Waals surface area contributed by atoms with Gasteiger partial charge in [-0.2, -0.15) is 0 Å². The van der Waals surface area contributed by atoms with Gasteiger partial charge in [0.25, 0.3) is 0 Å². The zero-order chi connectivity index (χ0) is 18.5. The molecule has 4 heteroatoms. The molecule has 4 atom stereocenters. The molecule has 2 aromatic carbocycles. The minimum absolute atomic E-state index is 0.0196. The van der Waals surface area contributed by atoms with Gasteiger partial charge in [-0.25, -0.2) is 0 Å². The molecule has 0 radical (unpaired) electrons. The molecule has 2 aromatic rings. The van der Waals surface area contributed by atoms with E-state index in [4.69, 9.17) is 9.47 Å². The van der Waals surface area contributed by atoms with Crippen LogP contribution < -0.4 is 9.47 Å². The third-order valence-corrected chi connectivity index (χ3v) is 4.80. The van der Waals surface area contributed by atoms with Crippen LogP contribution >= 0.6 is 0 Å². The molecule has 1 aliphatic rings. The van der Waals surface area contributed by atoms with Crippen LogP contribution in [0.1, 0.15) is 17.0 Å². The van der Waals surface area contributed by atoms with E-state index in [0.717, 1.165) is 22.6 Å². The summed E-state index contributed by atoms with van der Waals surface area (Å²) in [5.74, 6) is 1.34. The Morgan fingerprint density at radius 3 is 1.96 bits per heavy atom. The van der Waals surface area contributed by atoms with Gasteiger partial charge in [-0.15, -0.1) is 0 Å². The standard InChI is InChI=1S/C22H24O4/c1-25-17-8-3-15(4-9-17)5-12-20-19(13-14-21(23)22(20)24)16-6-10-18(26-2)11-7-16/h3-14,19-24H,1-2H3/b12-5+/t19-,20+,21-,22-/m1/s1. The van der Waals surface area contributed by atoms with Crippen molar-refractivity contribution >= 4 is 6.08 Å². The number of hydrogen-bond acceptors (Lipinski definition) is 4. The second-order valence-electron chi connectivity index (χ2n) is 6.37. The summed E-state index contributed by atoms with van der Waals surface area (Å²) in [7, 11) is 3.27. The molecule has 0 saturated heterocycles. The molecule has 136 valence electrons. The van der Waals surface area contributed by atoms with Crippen molar-refractivity contribution in [1.29, 1.82) is 0 Å². The molecule has 0 aromatic heterocycles. The number of methoxy groups -OCH3 is 2. The minimum atomic E-state index is -0.866. The fraction of sp³-hybridized carbons (Fsp3) is 0.273. The van der Waals surface area contributed by atoms with Crippen LogP contribution in [-0.2, 0) is 0 Å². The molecular formula is C22H24O4. The van der Waals surface area contributed by atoms with E-state index >= 15 is 0 Å². The summed E-state index contributed by atoms with van der Waals surface area (Å²) >= 11 is 0. The molecule has 1 aliphatic carbocycles. The number of aliphatic hydroxyl groups excluding tert-OH is 2. The van der Waals surface area contributed by atoms with Crippen LogP contribution in [0.4, 0.5) is 0 Å². The molecule has 0 fully saturated rings. The number of benzene rings is 2. The predicted octanol–water partition coefficient (Wildman–Crippen LogP) is 3.41. The summed E-state index contributed by atoms with van der Waals surface area (Å²) in [5.41, 5.74) is 2.08. The van der Waals surface area contributed by atoms with Gasteiger partial charge >= 0.3 is 0 Å². The van der Waals surface area contributed by atoms with Crippen molar-refractivity contribution in [3.05, 3.63) is 77.9 Å². The van der Waals surface area contributed by atoms with E-state index in [9.17, 15) is 10.2 Å². The van der Waals surface area contributed by atoms with E-state index in [-0.39, 0.29) is 11.8 Å². The molecule has 3 rings (SSSR count). The zero-order valence-corrected chi connectivity index (χ0v) is 14.9. The number of rotatable bonds is 5. The lowest BCUT2D eigenvalue weighted by molar-refractivity contribution is 0.0110.